The van der Waals surface area contributed by atoms with Gasteiger partial charge in [0.05, 0.1) is 5.56 Å². The zero-order valence-electron chi connectivity index (χ0n) is 14.5. The third kappa shape index (κ3) is 4.31. The van der Waals surface area contributed by atoms with Crippen LogP contribution in [0.25, 0.3) is 0 Å². The molecule has 1 fully saturated rings. The molecular formula is C20H18FN3O3. The van der Waals surface area contributed by atoms with Gasteiger partial charge in [0.2, 0.25) is 0 Å². The molecule has 0 atom stereocenters. The summed E-state index contributed by atoms with van der Waals surface area (Å²) in [6.07, 6.45) is 2.26. The maximum Gasteiger partial charge on any atom is 0.264 e. The number of carbonyl (C=O) groups excluding carboxylic acids is 1. The summed E-state index contributed by atoms with van der Waals surface area (Å²) >= 11 is 0. The van der Waals surface area contributed by atoms with Gasteiger partial charge < -0.3 is 14.6 Å². The highest BCUT2D eigenvalue weighted by molar-refractivity contribution is 5.97. The van der Waals surface area contributed by atoms with Gasteiger partial charge in [0, 0.05) is 12.5 Å². The number of halogens is 1. The van der Waals surface area contributed by atoms with E-state index in [2.05, 4.69) is 15.5 Å². The van der Waals surface area contributed by atoms with Crippen molar-refractivity contribution in [1.29, 1.82) is 0 Å². The second-order valence-corrected chi connectivity index (χ2v) is 6.41. The van der Waals surface area contributed by atoms with E-state index in [1.165, 1.54) is 6.07 Å². The van der Waals surface area contributed by atoms with E-state index in [0.29, 0.717) is 22.7 Å². The van der Waals surface area contributed by atoms with E-state index in [-0.39, 0.29) is 36.7 Å². The van der Waals surface area contributed by atoms with Crippen LogP contribution in [0, 0.1) is 5.82 Å². The zero-order valence-corrected chi connectivity index (χ0v) is 14.5. The number of amides is 1. The SMILES string of the molecule is O=C(NC1CC1)c1ccccc1OCc1nc(Cc2ccccc2F)no1. The minimum atomic E-state index is -0.310. The van der Waals surface area contributed by atoms with Crippen LogP contribution in [0.2, 0.25) is 0 Å². The molecule has 0 spiro atoms. The fourth-order valence-corrected chi connectivity index (χ4v) is 2.64. The van der Waals surface area contributed by atoms with Gasteiger partial charge in [-0.2, -0.15) is 4.98 Å². The molecule has 0 bridgehead atoms. The fourth-order valence-electron chi connectivity index (χ4n) is 2.64. The molecule has 4 rings (SSSR count). The third-order valence-corrected chi connectivity index (χ3v) is 4.21. The van der Waals surface area contributed by atoms with Crippen molar-refractivity contribution in [2.24, 2.45) is 0 Å². The molecule has 2 aromatic carbocycles. The van der Waals surface area contributed by atoms with Crippen molar-refractivity contribution < 1.29 is 18.4 Å². The standard InChI is InChI=1S/C20H18FN3O3/c21-16-7-3-1-5-13(16)11-18-23-19(27-24-18)12-26-17-8-4-2-6-15(17)20(25)22-14-9-10-14/h1-8,14H,9-12H2,(H,22,25). The first kappa shape index (κ1) is 17.2. The molecule has 1 N–H and O–H groups in total. The van der Waals surface area contributed by atoms with E-state index in [0.717, 1.165) is 12.8 Å². The van der Waals surface area contributed by atoms with E-state index in [9.17, 15) is 9.18 Å². The van der Waals surface area contributed by atoms with Gasteiger partial charge in [0.1, 0.15) is 11.6 Å². The van der Waals surface area contributed by atoms with E-state index in [4.69, 9.17) is 9.26 Å². The van der Waals surface area contributed by atoms with Gasteiger partial charge in [0.25, 0.3) is 11.8 Å². The van der Waals surface area contributed by atoms with Gasteiger partial charge >= 0.3 is 0 Å². The van der Waals surface area contributed by atoms with Crippen molar-refractivity contribution in [2.75, 3.05) is 0 Å². The highest BCUT2D eigenvalue weighted by Gasteiger charge is 2.25. The minimum Gasteiger partial charge on any atom is -0.483 e. The van der Waals surface area contributed by atoms with E-state index >= 15 is 0 Å². The summed E-state index contributed by atoms with van der Waals surface area (Å²) in [6, 6.07) is 13.7. The summed E-state index contributed by atoms with van der Waals surface area (Å²) < 4.78 is 24.6. The molecule has 27 heavy (non-hydrogen) atoms. The van der Waals surface area contributed by atoms with Crippen LogP contribution in [0.5, 0.6) is 5.75 Å². The predicted molar refractivity (Wildman–Crippen MR) is 94.8 cm³/mol. The molecule has 3 aromatic rings. The van der Waals surface area contributed by atoms with Crippen LogP contribution < -0.4 is 10.1 Å². The molecule has 138 valence electrons. The van der Waals surface area contributed by atoms with Crippen LogP contribution >= 0.6 is 0 Å². The van der Waals surface area contributed by atoms with Crippen molar-refractivity contribution >= 4 is 5.91 Å². The van der Waals surface area contributed by atoms with E-state index < -0.39 is 0 Å². The van der Waals surface area contributed by atoms with Crippen LogP contribution in [0.1, 0.15) is 40.5 Å². The molecule has 1 aliphatic carbocycles. The lowest BCUT2D eigenvalue weighted by atomic mass is 10.1. The highest BCUT2D eigenvalue weighted by Crippen LogP contribution is 2.23. The lowest BCUT2D eigenvalue weighted by Gasteiger charge is -2.09. The first-order chi connectivity index (χ1) is 13.2. The molecule has 0 aliphatic heterocycles. The Kier molecular flexibility index (Phi) is 4.82. The third-order valence-electron chi connectivity index (χ3n) is 4.21. The molecule has 7 heteroatoms. The first-order valence-corrected chi connectivity index (χ1v) is 8.76. The van der Waals surface area contributed by atoms with E-state index in [1.807, 2.05) is 0 Å². The summed E-state index contributed by atoms with van der Waals surface area (Å²) in [5.74, 6) is 0.622. The number of ether oxygens (including phenoxy) is 1. The van der Waals surface area contributed by atoms with Crippen LogP contribution in [0.4, 0.5) is 4.39 Å². The highest BCUT2D eigenvalue weighted by atomic mass is 19.1. The number of para-hydroxylation sites is 1. The number of nitrogens with zero attached hydrogens (tertiary/aromatic N) is 2. The average Bonchev–Trinajstić information content (AvgIpc) is 3.38. The summed E-state index contributed by atoms with van der Waals surface area (Å²) in [6.45, 7) is 0.0258. The molecule has 1 saturated carbocycles. The monoisotopic (exact) mass is 367 g/mol. The molecule has 1 heterocycles. The summed E-state index contributed by atoms with van der Waals surface area (Å²) in [5, 5.41) is 6.80. The lowest BCUT2D eigenvalue weighted by Crippen LogP contribution is -2.25. The van der Waals surface area contributed by atoms with Crippen molar-refractivity contribution in [3.63, 3.8) is 0 Å². The Morgan fingerprint density at radius 1 is 1.19 bits per heavy atom. The van der Waals surface area contributed by atoms with Crippen molar-refractivity contribution in [3.8, 4) is 5.75 Å². The molecule has 0 radical (unpaired) electrons. The topological polar surface area (TPSA) is 77.2 Å². The number of hydrogen-bond acceptors (Lipinski definition) is 5. The second-order valence-electron chi connectivity index (χ2n) is 6.41. The molecule has 1 aliphatic rings. The van der Waals surface area contributed by atoms with Crippen LogP contribution in [0.3, 0.4) is 0 Å². The molecule has 1 aromatic heterocycles. The predicted octanol–water partition coefficient (Wildman–Crippen LogP) is 3.27. The Morgan fingerprint density at radius 3 is 2.78 bits per heavy atom. The zero-order chi connectivity index (χ0) is 18.6. The van der Waals surface area contributed by atoms with Crippen molar-refractivity contribution in [3.05, 3.63) is 77.2 Å². The lowest BCUT2D eigenvalue weighted by molar-refractivity contribution is 0.0945. The number of aromatic nitrogens is 2. The number of carbonyl (C=O) groups is 1. The van der Waals surface area contributed by atoms with E-state index in [1.54, 1.807) is 42.5 Å². The van der Waals surface area contributed by atoms with Gasteiger partial charge in [-0.15, -0.1) is 0 Å². The molecule has 0 saturated heterocycles. The van der Waals surface area contributed by atoms with Crippen molar-refractivity contribution in [1.82, 2.24) is 15.5 Å². The Labute approximate surface area is 155 Å². The van der Waals surface area contributed by atoms with Gasteiger partial charge in [0.15, 0.2) is 12.4 Å². The maximum absolute atomic E-state index is 13.7. The summed E-state index contributed by atoms with van der Waals surface area (Å²) in [7, 11) is 0. The Morgan fingerprint density at radius 2 is 1.96 bits per heavy atom. The normalized spacial score (nSPS) is 13.4. The summed E-state index contributed by atoms with van der Waals surface area (Å²) in [4.78, 5) is 16.5. The Balaban J connectivity index is 1.40. The molecule has 0 unspecified atom stereocenters. The number of nitrogens with one attached hydrogen (secondary N) is 1. The van der Waals surface area contributed by atoms with Crippen molar-refractivity contribution in [2.45, 2.75) is 31.9 Å². The second kappa shape index (κ2) is 7.57. The van der Waals surface area contributed by atoms with Crippen LogP contribution in [0.15, 0.2) is 53.1 Å². The number of benzene rings is 2. The largest absolute Gasteiger partial charge is 0.483 e. The van der Waals surface area contributed by atoms with Gasteiger partial charge in [-0.05, 0) is 36.6 Å². The van der Waals surface area contributed by atoms with Crippen LogP contribution in [-0.4, -0.2) is 22.1 Å². The van der Waals surface area contributed by atoms with Gasteiger partial charge in [-0.25, -0.2) is 4.39 Å². The summed E-state index contributed by atoms with van der Waals surface area (Å²) in [5.41, 5.74) is 0.961. The quantitative estimate of drug-likeness (QED) is 0.693. The molecule has 1 amide bonds. The molecular weight excluding hydrogens is 349 g/mol. The first-order valence-electron chi connectivity index (χ1n) is 8.76. The smallest absolute Gasteiger partial charge is 0.264 e. The number of rotatable bonds is 7. The average molecular weight is 367 g/mol. The Bertz CT molecular complexity index is 953. The number of hydrogen-bond donors (Lipinski definition) is 1. The van der Waals surface area contributed by atoms with Gasteiger partial charge in [-0.1, -0.05) is 35.5 Å². The Hall–Kier alpha value is -3.22. The van der Waals surface area contributed by atoms with Crippen LogP contribution in [-0.2, 0) is 13.0 Å². The van der Waals surface area contributed by atoms with Gasteiger partial charge in [-0.3, -0.25) is 4.79 Å². The molecule has 6 nitrogen and oxygen atoms in total. The maximum atomic E-state index is 13.7. The minimum absolute atomic E-state index is 0.0258. The fraction of sp³-hybridized carbons (Fsp3) is 0.250.